The van der Waals surface area contributed by atoms with Crippen LogP contribution in [0.5, 0.6) is 5.88 Å². The molecule has 2 heterocycles. The Hall–Kier alpha value is -2.22. The van der Waals surface area contributed by atoms with E-state index in [1.54, 1.807) is 16.7 Å². The molecular weight excluding hydrogens is 389 g/mol. The first kappa shape index (κ1) is 20.5. The summed E-state index contributed by atoms with van der Waals surface area (Å²) in [5.41, 5.74) is 0.134. The molecule has 0 N–H and O–H groups in total. The molecule has 0 spiro atoms. The summed E-state index contributed by atoms with van der Waals surface area (Å²) >= 11 is 1.77. The molecule has 3 rings (SSSR count). The van der Waals surface area contributed by atoms with Crippen molar-refractivity contribution in [2.24, 2.45) is 0 Å². The van der Waals surface area contributed by atoms with Crippen molar-refractivity contribution in [2.45, 2.75) is 42.7 Å². The molecule has 1 aliphatic rings. The van der Waals surface area contributed by atoms with Gasteiger partial charge in [-0.3, -0.25) is 4.79 Å². The minimum Gasteiger partial charge on any atom is -0.471 e. The topological polar surface area (TPSA) is 42.4 Å². The van der Waals surface area contributed by atoms with E-state index in [0.29, 0.717) is 24.8 Å². The summed E-state index contributed by atoms with van der Waals surface area (Å²) in [6, 6.07) is 10.1. The Kier molecular flexibility index (Phi) is 6.17. The van der Waals surface area contributed by atoms with Crippen LogP contribution in [0.25, 0.3) is 0 Å². The lowest BCUT2D eigenvalue weighted by molar-refractivity contribution is -0.140. The average Bonchev–Trinajstić information content (AvgIpc) is 2.58. The van der Waals surface area contributed by atoms with Gasteiger partial charge in [0.1, 0.15) is 6.10 Å². The number of amides is 1. The summed E-state index contributed by atoms with van der Waals surface area (Å²) in [6.07, 6.45) is -3.61. The van der Waals surface area contributed by atoms with Gasteiger partial charge in [-0.1, -0.05) is 26.0 Å². The van der Waals surface area contributed by atoms with Gasteiger partial charge in [-0.05, 0) is 23.8 Å². The normalized spacial score (nSPS) is 14.9. The maximum Gasteiger partial charge on any atom is 0.417 e. The third kappa shape index (κ3) is 5.41. The Balaban J connectivity index is 1.45. The Labute approximate surface area is 166 Å². The lowest BCUT2D eigenvalue weighted by atomic mass is 10.1. The van der Waals surface area contributed by atoms with E-state index in [0.717, 1.165) is 17.8 Å². The molecule has 1 saturated heterocycles. The molecule has 1 amide bonds. The predicted octanol–water partition coefficient (Wildman–Crippen LogP) is 4.43. The molecule has 28 heavy (non-hydrogen) atoms. The first-order valence-electron chi connectivity index (χ1n) is 8.94. The van der Waals surface area contributed by atoms with Crippen molar-refractivity contribution in [2.75, 3.05) is 13.1 Å². The van der Waals surface area contributed by atoms with E-state index in [1.807, 2.05) is 24.3 Å². The number of ether oxygens (including phenoxy) is 1. The van der Waals surface area contributed by atoms with Gasteiger partial charge < -0.3 is 9.64 Å². The molecule has 0 radical (unpaired) electrons. The van der Waals surface area contributed by atoms with E-state index in [1.165, 1.54) is 11.0 Å². The van der Waals surface area contributed by atoms with Crippen LogP contribution in [0.2, 0.25) is 0 Å². The number of alkyl halides is 3. The molecule has 1 fully saturated rings. The third-order valence-electron chi connectivity index (χ3n) is 4.20. The van der Waals surface area contributed by atoms with E-state index in [-0.39, 0.29) is 17.9 Å². The summed E-state index contributed by atoms with van der Waals surface area (Å²) in [6.45, 7) is 5.07. The van der Waals surface area contributed by atoms with E-state index in [2.05, 4.69) is 18.8 Å². The molecule has 1 aromatic carbocycles. The Morgan fingerprint density at radius 2 is 1.89 bits per heavy atom. The van der Waals surface area contributed by atoms with Crippen LogP contribution >= 0.6 is 11.8 Å². The number of aromatic nitrogens is 1. The van der Waals surface area contributed by atoms with Gasteiger partial charge >= 0.3 is 6.18 Å². The van der Waals surface area contributed by atoms with Crippen molar-refractivity contribution in [3.8, 4) is 5.88 Å². The maximum atomic E-state index is 12.5. The van der Waals surface area contributed by atoms with Crippen LogP contribution in [0.15, 0.2) is 47.5 Å². The lowest BCUT2D eigenvalue weighted by Gasteiger charge is -2.38. The summed E-state index contributed by atoms with van der Waals surface area (Å²) in [5, 5.41) is 0.504. The Morgan fingerprint density at radius 1 is 1.21 bits per heavy atom. The zero-order valence-corrected chi connectivity index (χ0v) is 16.4. The molecule has 2 aromatic rings. The van der Waals surface area contributed by atoms with Crippen molar-refractivity contribution in [3.05, 3.63) is 53.7 Å². The van der Waals surface area contributed by atoms with Crippen molar-refractivity contribution >= 4 is 17.7 Å². The molecule has 8 heteroatoms. The molecule has 1 aliphatic heterocycles. The first-order chi connectivity index (χ1) is 13.2. The standard InChI is InChI=1S/C20H21F3N2O2S/c1-13(2)28-17-6-3-14(4-7-17)9-19(26)25-11-16(12-25)27-18-8-5-15(10-24-18)20(21,22)23/h3-8,10,13,16H,9,11-12H2,1-2H3. The second-order valence-corrected chi connectivity index (χ2v) is 8.56. The molecule has 0 aliphatic carbocycles. The number of nitrogens with zero attached hydrogens (tertiary/aromatic N) is 2. The Bertz CT molecular complexity index is 802. The number of pyridine rings is 1. The van der Waals surface area contributed by atoms with Gasteiger partial charge in [-0.15, -0.1) is 11.8 Å². The van der Waals surface area contributed by atoms with Crippen LogP contribution in [-0.2, 0) is 17.4 Å². The molecule has 0 bridgehead atoms. The second-order valence-electron chi connectivity index (χ2n) is 6.91. The number of likely N-dealkylation sites (tertiary alicyclic amines) is 1. The van der Waals surface area contributed by atoms with Crippen LogP contribution in [0, 0.1) is 0 Å². The van der Waals surface area contributed by atoms with Gasteiger partial charge in [0.2, 0.25) is 11.8 Å². The van der Waals surface area contributed by atoms with Gasteiger partial charge in [0.25, 0.3) is 0 Å². The van der Waals surface area contributed by atoms with Crippen LogP contribution in [0.4, 0.5) is 13.2 Å². The summed E-state index contributed by atoms with van der Waals surface area (Å²) in [5.74, 6) is 0.132. The molecule has 0 atom stereocenters. The highest BCUT2D eigenvalue weighted by Gasteiger charge is 2.33. The van der Waals surface area contributed by atoms with Crippen molar-refractivity contribution in [3.63, 3.8) is 0 Å². The van der Waals surface area contributed by atoms with Crippen LogP contribution in [0.1, 0.15) is 25.0 Å². The zero-order chi connectivity index (χ0) is 20.3. The minimum absolute atomic E-state index is 0.00416. The average molecular weight is 410 g/mol. The number of hydrogen-bond acceptors (Lipinski definition) is 4. The molecule has 4 nitrogen and oxygen atoms in total. The highest BCUT2D eigenvalue weighted by atomic mass is 32.2. The highest BCUT2D eigenvalue weighted by Crippen LogP contribution is 2.29. The van der Waals surface area contributed by atoms with Crippen molar-refractivity contribution in [1.82, 2.24) is 9.88 Å². The number of halogens is 3. The highest BCUT2D eigenvalue weighted by molar-refractivity contribution is 7.99. The summed E-state index contributed by atoms with van der Waals surface area (Å²) in [4.78, 5) is 18.9. The summed E-state index contributed by atoms with van der Waals surface area (Å²) < 4.78 is 43.1. The number of carbonyl (C=O) groups is 1. The van der Waals surface area contributed by atoms with E-state index >= 15 is 0 Å². The number of hydrogen-bond donors (Lipinski definition) is 0. The molecule has 0 saturated carbocycles. The van der Waals surface area contributed by atoms with Crippen molar-refractivity contribution in [1.29, 1.82) is 0 Å². The van der Waals surface area contributed by atoms with Gasteiger partial charge in [0, 0.05) is 22.4 Å². The maximum absolute atomic E-state index is 12.5. The summed E-state index contributed by atoms with van der Waals surface area (Å²) in [7, 11) is 0. The Morgan fingerprint density at radius 3 is 2.43 bits per heavy atom. The number of thioether (sulfide) groups is 1. The van der Waals surface area contributed by atoms with Gasteiger partial charge in [0.15, 0.2) is 0 Å². The molecular formula is C20H21F3N2O2S. The molecule has 150 valence electrons. The van der Waals surface area contributed by atoms with Crippen LogP contribution in [0.3, 0.4) is 0 Å². The fraction of sp³-hybridized carbons (Fsp3) is 0.400. The largest absolute Gasteiger partial charge is 0.471 e. The van der Waals surface area contributed by atoms with Crippen molar-refractivity contribution < 1.29 is 22.7 Å². The fourth-order valence-electron chi connectivity index (χ4n) is 2.75. The number of benzene rings is 1. The third-order valence-corrected chi connectivity index (χ3v) is 5.22. The monoisotopic (exact) mass is 410 g/mol. The minimum atomic E-state index is -4.42. The quantitative estimate of drug-likeness (QED) is 0.661. The number of carbonyl (C=O) groups excluding carboxylic acids is 1. The van der Waals surface area contributed by atoms with Crippen LogP contribution < -0.4 is 4.74 Å². The number of rotatable bonds is 6. The van der Waals surface area contributed by atoms with Gasteiger partial charge in [-0.2, -0.15) is 13.2 Å². The predicted molar refractivity (Wildman–Crippen MR) is 101 cm³/mol. The molecule has 0 unspecified atom stereocenters. The van der Waals surface area contributed by atoms with E-state index in [9.17, 15) is 18.0 Å². The molecule has 1 aromatic heterocycles. The fourth-order valence-corrected chi connectivity index (χ4v) is 3.59. The van der Waals surface area contributed by atoms with E-state index < -0.39 is 11.7 Å². The van der Waals surface area contributed by atoms with Gasteiger partial charge in [0.05, 0.1) is 25.1 Å². The smallest absolute Gasteiger partial charge is 0.417 e. The van der Waals surface area contributed by atoms with Gasteiger partial charge in [-0.25, -0.2) is 4.98 Å². The second kappa shape index (κ2) is 8.43. The SMILES string of the molecule is CC(C)Sc1ccc(CC(=O)N2CC(Oc3ccc(C(F)(F)F)cn3)C2)cc1. The lowest BCUT2D eigenvalue weighted by Crippen LogP contribution is -2.56. The first-order valence-corrected chi connectivity index (χ1v) is 9.82. The van der Waals surface area contributed by atoms with E-state index in [4.69, 9.17) is 4.74 Å². The zero-order valence-electron chi connectivity index (χ0n) is 15.6. The van der Waals surface area contributed by atoms with Crippen LogP contribution in [-0.4, -0.2) is 40.2 Å².